The zero-order chi connectivity index (χ0) is 23.5. The third-order valence-electron chi connectivity index (χ3n) is 7.07. The lowest BCUT2D eigenvalue weighted by Gasteiger charge is -2.43. The Balaban J connectivity index is 1.12. The van der Waals surface area contributed by atoms with Gasteiger partial charge in [0, 0.05) is 55.3 Å². The lowest BCUT2D eigenvalue weighted by atomic mass is 9.97. The summed E-state index contributed by atoms with van der Waals surface area (Å²) >= 11 is 7.77. The third kappa shape index (κ3) is 5.15. The minimum atomic E-state index is -0.500. The molecule has 3 aliphatic heterocycles. The van der Waals surface area contributed by atoms with Crippen molar-refractivity contribution in [2.24, 2.45) is 0 Å². The first-order chi connectivity index (χ1) is 16.5. The highest BCUT2D eigenvalue weighted by Gasteiger charge is 2.40. The van der Waals surface area contributed by atoms with Crippen LogP contribution in [0, 0.1) is 0 Å². The number of halogens is 1. The van der Waals surface area contributed by atoms with Crippen molar-refractivity contribution in [2.75, 3.05) is 39.4 Å². The highest BCUT2D eigenvalue weighted by atomic mass is 35.5. The number of amides is 2. The molecule has 3 fully saturated rings. The molecule has 0 unspecified atom stereocenters. The van der Waals surface area contributed by atoms with Crippen molar-refractivity contribution in [3.05, 3.63) is 50.9 Å². The molecular weight excluding hydrogens is 474 g/mol. The molecular formula is C25H30ClN3O4S. The van der Waals surface area contributed by atoms with Gasteiger partial charge >= 0.3 is 0 Å². The molecule has 3 saturated heterocycles. The van der Waals surface area contributed by atoms with Crippen LogP contribution in [-0.2, 0) is 20.7 Å². The van der Waals surface area contributed by atoms with Crippen molar-refractivity contribution in [3.8, 4) is 0 Å². The van der Waals surface area contributed by atoms with Crippen LogP contribution in [0.15, 0.2) is 29.6 Å². The maximum Gasteiger partial charge on any atom is 0.273 e. The summed E-state index contributed by atoms with van der Waals surface area (Å²) in [6, 6.07) is 7.49. The van der Waals surface area contributed by atoms with Gasteiger partial charge < -0.3 is 19.3 Å². The average molecular weight is 504 g/mol. The maximum absolute atomic E-state index is 13.0. The highest BCUT2D eigenvalue weighted by Crippen LogP contribution is 2.33. The van der Waals surface area contributed by atoms with Crippen LogP contribution in [0.3, 0.4) is 0 Å². The number of hydrogen-bond donors (Lipinski definition) is 0. The molecule has 3 aliphatic rings. The SMILES string of the molecule is O=C(Cc1ccccc1Cl)N1CCC(c2nc(C(=O)N3CCC4(CC3)OCCCO4)cs2)CC1. The lowest BCUT2D eigenvalue weighted by Crippen LogP contribution is -2.51. The van der Waals surface area contributed by atoms with Crippen LogP contribution in [0.25, 0.3) is 0 Å². The van der Waals surface area contributed by atoms with Gasteiger partial charge in [-0.05, 0) is 30.9 Å². The predicted octanol–water partition coefficient (Wildman–Crippen LogP) is 4.11. The van der Waals surface area contributed by atoms with Crippen molar-refractivity contribution >= 4 is 34.8 Å². The number of carbonyl (C=O) groups excluding carboxylic acids is 2. The Morgan fingerprint density at radius 3 is 2.47 bits per heavy atom. The number of piperidine rings is 2. The van der Waals surface area contributed by atoms with Gasteiger partial charge in [0.25, 0.3) is 5.91 Å². The van der Waals surface area contributed by atoms with Gasteiger partial charge in [-0.25, -0.2) is 4.98 Å². The van der Waals surface area contributed by atoms with Crippen LogP contribution in [0.1, 0.15) is 59.1 Å². The predicted molar refractivity (Wildman–Crippen MR) is 130 cm³/mol. The average Bonchev–Trinajstić information content (AvgIpc) is 3.36. The van der Waals surface area contributed by atoms with Gasteiger partial charge in [-0.1, -0.05) is 29.8 Å². The van der Waals surface area contributed by atoms with E-state index in [1.807, 2.05) is 39.4 Å². The normalized spacial score (nSPS) is 21.1. The van der Waals surface area contributed by atoms with Gasteiger partial charge in [-0.3, -0.25) is 9.59 Å². The summed E-state index contributed by atoms with van der Waals surface area (Å²) in [5.41, 5.74) is 1.39. The van der Waals surface area contributed by atoms with Gasteiger partial charge in [0.15, 0.2) is 5.79 Å². The van der Waals surface area contributed by atoms with Crippen molar-refractivity contribution < 1.29 is 19.1 Å². The fourth-order valence-electron chi connectivity index (χ4n) is 4.98. The summed E-state index contributed by atoms with van der Waals surface area (Å²) < 4.78 is 11.8. The molecule has 0 bridgehead atoms. The van der Waals surface area contributed by atoms with Crippen molar-refractivity contribution in [2.45, 2.75) is 50.2 Å². The first-order valence-electron chi connectivity index (χ1n) is 12.1. The largest absolute Gasteiger partial charge is 0.350 e. The van der Waals surface area contributed by atoms with Crippen LogP contribution in [0.4, 0.5) is 0 Å². The Kier molecular flexibility index (Phi) is 7.20. The monoisotopic (exact) mass is 503 g/mol. The van der Waals surface area contributed by atoms with Crippen molar-refractivity contribution in [1.29, 1.82) is 0 Å². The molecule has 0 aliphatic carbocycles. The summed E-state index contributed by atoms with van der Waals surface area (Å²) in [6.45, 7) is 4.10. The number of nitrogens with zero attached hydrogens (tertiary/aromatic N) is 3. The van der Waals surface area contributed by atoms with Gasteiger partial charge in [-0.15, -0.1) is 11.3 Å². The van der Waals surface area contributed by atoms with E-state index in [0.29, 0.717) is 56.2 Å². The molecule has 4 heterocycles. The molecule has 34 heavy (non-hydrogen) atoms. The Labute approximate surface area is 209 Å². The molecule has 5 rings (SSSR count). The van der Waals surface area contributed by atoms with Gasteiger partial charge in [-0.2, -0.15) is 0 Å². The minimum absolute atomic E-state index is 0.0134. The van der Waals surface area contributed by atoms with E-state index in [4.69, 9.17) is 26.1 Å². The highest BCUT2D eigenvalue weighted by molar-refractivity contribution is 7.09. The van der Waals surface area contributed by atoms with Crippen molar-refractivity contribution in [1.82, 2.24) is 14.8 Å². The Hall–Kier alpha value is -2.00. The summed E-state index contributed by atoms with van der Waals surface area (Å²) in [6.07, 6.45) is 4.38. The fourth-order valence-corrected chi connectivity index (χ4v) is 6.15. The quantitative estimate of drug-likeness (QED) is 0.627. The van der Waals surface area contributed by atoms with Crippen molar-refractivity contribution in [3.63, 3.8) is 0 Å². The third-order valence-corrected chi connectivity index (χ3v) is 8.44. The van der Waals surface area contributed by atoms with Crippen LogP contribution < -0.4 is 0 Å². The van der Waals surface area contributed by atoms with E-state index in [1.54, 1.807) is 11.3 Å². The molecule has 0 N–H and O–H groups in total. The van der Waals surface area contributed by atoms with Crippen LogP contribution in [0.5, 0.6) is 0 Å². The summed E-state index contributed by atoms with van der Waals surface area (Å²) in [5, 5.41) is 3.51. The van der Waals surface area contributed by atoms with E-state index in [1.165, 1.54) is 0 Å². The zero-order valence-corrected chi connectivity index (χ0v) is 20.8. The first-order valence-corrected chi connectivity index (χ1v) is 13.3. The van der Waals surface area contributed by atoms with E-state index >= 15 is 0 Å². The van der Waals surface area contributed by atoms with Gasteiger partial charge in [0.2, 0.25) is 5.91 Å². The standard InChI is InChI=1S/C25H30ClN3O4S/c26-20-5-2-1-4-19(20)16-22(30)28-10-6-18(7-11-28)23-27-21(17-34-23)24(31)29-12-8-25(9-13-29)32-14-3-15-33-25/h1-2,4-5,17-18H,3,6-16H2. The number of aromatic nitrogens is 1. The number of thiazole rings is 1. The molecule has 7 nitrogen and oxygen atoms in total. The molecule has 0 saturated carbocycles. The molecule has 2 aromatic rings. The fraction of sp³-hybridized carbons (Fsp3) is 0.560. The number of hydrogen-bond acceptors (Lipinski definition) is 6. The van der Waals surface area contributed by atoms with Gasteiger partial charge in [0.05, 0.1) is 24.6 Å². The van der Waals surface area contributed by atoms with Gasteiger partial charge in [0.1, 0.15) is 5.69 Å². The number of carbonyl (C=O) groups is 2. The summed E-state index contributed by atoms with van der Waals surface area (Å²) in [5.74, 6) is -0.125. The molecule has 9 heteroatoms. The second-order valence-corrected chi connectivity index (χ2v) is 10.5. The maximum atomic E-state index is 13.0. The molecule has 0 atom stereocenters. The second-order valence-electron chi connectivity index (χ2n) is 9.25. The van der Waals surface area contributed by atoms with E-state index in [0.717, 1.165) is 43.0 Å². The molecule has 0 radical (unpaired) electrons. The molecule has 1 aromatic carbocycles. The number of benzene rings is 1. The molecule has 182 valence electrons. The first kappa shape index (κ1) is 23.7. The van der Waals surface area contributed by atoms with Crippen LogP contribution in [-0.4, -0.2) is 71.8 Å². The Morgan fingerprint density at radius 2 is 1.76 bits per heavy atom. The van der Waals surface area contributed by atoms with E-state index in [-0.39, 0.29) is 17.7 Å². The lowest BCUT2D eigenvalue weighted by molar-refractivity contribution is -0.281. The Morgan fingerprint density at radius 1 is 1.06 bits per heavy atom. The molecule has 1 spiro atoms. The smallest absolute Gasteiger partial charge is 0.273 e. The zero-order valence-electron chi connectivity index (χ0n) is 19.2. The summed E-state index contributed by atoms with van der Waals surface area (Å²) in [4.78, 5) is 34.2. The van der Waals surface area contributed by atoms with E-state index < -0.39 is 5.79 Å². The second kappa shape index (κ2) is 10.3. The van der Waals surface area contributed by atoms with Crippen LogP contribution in [0.2, 0.25) is 5.02 Å². The molecule has 1 aromatic heterocycles. The minimum Gasteiger partial charge on any atom is -0.350 e. The summed E-state index contributed by atoms with van der Waals surface area (Å²) in [7, 11) is 0. The topological polar surface area (TPSA) is 72.0 Å². The van der Waals surface area contributed by atoms with E-state index in [9.17, 15) is 9.59 Å². The number of ether oxygens (including phenoxy) is 2. The Bertz CT molecular complexity index is 1020. The van der Waals surface area contributed by atoms with Crippen LogP contribution >= 0.6 is 22.9 Å². The number of rotatable bonds is 4. The molecule has 2 amide bonds. The number of likely N-dealkylation sites (tertiary alicyclic amines) is 2. The van der Waals surface area contributed by atoms with E-state index in [2.05, 4.69) is 0 Å².